The summed E-state index contributed by atoms with van der Waals surface area (Å²) >= 11 is 5.97. The first-order valence-corrected chi connectivity index (χ1v) is 10.1. The summed E-state index contributed by atoms with van der Waals surface area (Å²) in [7, 11) is 0. The lowest BCUT2D eigenvalue weighted by Gasteiger charge is -2.15. The van der Waals surface area contributed by atoms with E-state index in [2.05, 4.69) is 0 Å². The fraction of sp³-hybridized carbons (Fsp3) is 0.200. The summed E-state index contributed by atoms with van der Waals surface area (Å²) in [5, 5.41) is 0.643. The van der Waals surface area contributed by atoms with E-state index < -0.39 is 5.82 Å². The minimum Gasteiger partial charge on any atom is -0.454 e. The van der Waals surface area contributed by atoms with Crippen LogP contribution in [0.4, 0.5) is 8.78 Å². The standard InChI is InChI=1S/C25H21ClF2O/c26-20-12-10-19(11-13-20)25(18-8-9-18)23(28)15-7-17-6-14-22(27)24(16-17)29-21-4-2-1-3-5-21/h1-6,10-16,18,25H,7-9H2/b23-15-/t25-/m1/s1. The number of rotatable bonds is 7. The van der Waals surface area contributed by atoms with Crippen molar-refractivity contribution in [1.82, 2.24) is 0 Å². The number of hydrogen-bond donors (Lipinski definition) is 0. The molecule has 0 aromatic heterocycles. The van der Waals surface area contributed by atoms with Gasteiger partial charge in [0.05, 0.1) is 0 Å². The van der Waals surface area contributed by atoms with E-state index in [9.17, 15) is 4.39 Å². The molecule has 148 valence electrons. The Morgan fingerprint density at radius 2 is 1.76 bits per heavy atom. The fourth-order valence-electron chi connectivity index (χ4n) is 3.47. The van der Waals surface area contributed by atoms with Gasteiger partial charge in [0.25, 0.3) is 0 Å². The molecule has 0 unspecified atom stereocenters. The minimum absolute atomic E-state index is 0.138. The van der Waals surface area contributed by atoms with Crippen LogP contribution in [0.3, 0.4) is 0 Å². The molecule has 0 radical (unpaired) electrons. The highest BCUT2D eigenvalue weighted by molar-refractivity contribution is 6.30. The van der Waals surface area contributed by atoms with E-state index in [1.54, 1.807) is 42.5 Å². The van der Waals surface area contributed by atoms with Crippen molar-refractivity contribution >= 4 is 11.6 Å². The second-order valence-electron chi connectivity index (χ2n) is 7.34. The molecule has 3 aromatic rings. The second-order valence-corrected chi connectivity index (χ2v) is 7.78. The summed E-state index contributed by atoms with van der Waals surface area (Å²) in [5.74, 6) is 0.190. The van der Waals surface area contributed by atoms with Crippen molar-refractivity contribution in [1.29, 1.82) is 0 Å². The molecule has 0 heterocycles. The summed E-state index contributed by atoms with van der Waals surface area (Å²) in [6, 6.07) is 21.1. The van der Waals surface area contributed by atoms with E-state index >= 15 is 4.39 Å². The SMILES string of the molecule is F/C(=C\Cc1ccc(F)c(Oc2ccccc2)c1)[C@@H](c1ccc(Cl)cc1)C1CC1. The molecule has 1 fully saturated rings. The zero-order chi connectivity index (χ0) is 20.2. The predicted molar refractivity (Wildman–Crippen MR) is 113 cm³/mol. The number of allylic oxidation sites excluding steroid dienone is 2. The molecule has 1 nitrogen and oxygen atoms in total. The van der Waals surface area contributed by atoms with Gasteiger partial charge in [-0.2, -0.15) is 0 Å². The van der Waals surface area contributed by atoms with Gasteiger partial charge in [-0.3, -0.25) is 0 Å². The first kappa shape index (κ1) is 19.7. The maximum absolute atomic E-state index is 15.1. The molecule has 3 aromatic carbocycles. The van der Waals surface area contributed by atoms with Gasteiger partial charge in [0.1, 0.15) is 11.6 Å². The number of benzene rings is 3. The normalized spacial score (nSPS) is 15.2. The van der Waals surface area contributed by atoms with Gasteiger partial charge in [0, 0.05) is 10.9 Å². The average molecular weight is 411 g/mol. The van der Waals surface area contributed by atoms with Gasteiger partial charge < -0.3 is 4.74 Å². The van der Waals surface area contributed by atoms with Crippen molar-refractivity contribution < 1.29 is 13.5 Å². The molecule has 0 spiro atoms. The number of para-hydroxylation sites is 1. The fourth-order valence-corrected chi connectivity index (χ4v) is 3.59. The van der Waals surface area contributed by atoms with E-state index in [0.29, 0.717) is 23.1 Å². The Morgan fingerprint density at radius 3 is 2.45 bits per heavy atom. The molecule has 1 aliphatic carbocycles. The molecule has 1 atom stereocenters. The van der Waals surface area contributed by atoms with E-state index in [4.69, 9.17) is 16.3 Å². The van der Waals surface area contributed by atoms with Crippen LogP contribution >= 0.6 is 11.6 Å². The molecule has 4 heteroatoms. The van der Waals surface area contributed by atoms with Crippen molar-refractivity contribution in [2.24, 2.45) is 5.92 Å². The van der Waals surface area contributed by atoms with Gasteiger partial charge in [-0.25, -0.2) is 8.78 Å². The lowest BCUT2D eigenvalue weighted by molar-refractivity contribution is 0.441. The lowest BCUT2D eigenvalue weighted by Crippen LogP contribution is -2.03. The Morgan fingerprint density at radius 1 is 1.03 bits per heavy atom. The Bertz CT molecular complexity index is 995. The van der Waals surface area contributed by atoms with Gasteiger partial charge in [0.2, 0.25) is 0 Å². The molecule has 0 saturated heterocycles. The summed E-state index contributed by atoms with van der Waals surface area (Å²) < 4.78 is 34.8. The first-order valence-electron chi connectivity index (χ1n) is 9.72. The van der Waals surface area contributed by atoms with Crippen LogP contribution in [0.15, 0.2) is 84.7 Å². The van der Waals surface area contributed by atoms with Crippen molar-refractivity contribution in [3.8, 4) is 11.5 Å². The monoisotopic (exact) mass is 410 g/mol. The summed E-state index contributed by atoms with van der Waals surface area (Å²) in [6.45, 7) is 0. The zero-order valence-electron chi connectivity index (χ0n) is 15.8. The lowest BCUT2D eigenvalue weighted by atomic mass is 9.92. The molecule has 1 saturated carbocycles. The highest BCUT2D eigenvalue weighted by Gasteiger charge is 2.35. The smallest absolute Gasteiger partial charge is 0.165 e. The van der Waals surface area contributed by atoms with Crippen molar-refractivity contribution in [2.75, 3.05) is 0 Å². The van der Waals surface area contributed by atoms with Gasteiger partial charge in [0.15, 0.2) is 11.6 Å². The quantitative estimate of drug-likeness (QED) is 0.385. The van der Waals surface area contributed by atoms with Crippen molar-refractivity contribution in [3.63, 3.8) is 0 Å². The molecule has 0 N–H and O–H groups in total. The third-order valence-corrected chi connectivity index (χ3v) is 5.37. The second kappa shape index (κ2) is 8.79. The van der Waals surface area contributed by atoms with Crippen LogP contribution in [0.25, 0.3) is 0 Å². The molecule has 1 aliphatic rings. The van der Waals surface area contributed by atoms with Crippen LogP contribution < -0.4 is 4.74 Å². The van der Waals surface area contributed by atoms with Crippen LogP contribution in [-0.4, -0.2) is 0 Å². The van der Waals surface area contributed by atoms with Gasteiger partial charge in [-0.05, 0) is 78.8 Å². The maximum Gasteiger partial charge on any atom is 0.165 e. The van der Waals surface area contributed by atoms with Crippen LogP contribution in [0.1, 0.15) is 29.9 Å². The van der Waals surface area contributed by atoms with E-state index in [-0.39, 0.29) is 17.5 Å². The number of halogens is 3. The summed E-state index contributed by atoms with van der Waals surface area (Å²) in [4.78, 5) is 0. The molecule has 0 amide bonds. The average Bonchev–Trinajstić information content (AvgIpc) is 3.56. The van der Waals surface area contributed by atoms with Gasteiger partial charge in [-0.15, -0.1) is 0 Å². The Labute approximate surface area is 174 Å². The summed E-state index contributed by atoms with van der Waals surface area (Å²) in [6.07, 6.45) is 4.02. The first-order chi connectivity index (χ1) is 14.1. The molecule has 0 bridgehead atoms. The number of ether oxygens (including phenoxy) is 1. The van der Waals surface area contributed by atoms with E-state index in [1.165, 1.54) is 6.07 Å². The highest BCUT2D eigenvalue weighted by atomic mass is 35.5. The Balaban J connectivity index is 1.51. The van der Waals surface area contributed by atoms with Crippen LogP contribution in [-0.2, 0) is 6.42 Å². The largest absolute Gasteiger partial charge is 0.454 e. The van der Waals surface area contributed by atoms with Crippen LogP contribution in [0.5, 0.6) is 11.5 Å². The summed E-state index contributed by atoms with van der Waals surface area (Å²) in [5.41, 5.74) is 1.73. The maximum atomic E-state index is 15.1. The third-order valence-electron chi connectivity index (χ3n) is 5.12. The van der Waals surface area contributed by atoms with Crippen molar-refractivity contribution in [2.45, 2.75) is 25.2 Å². The van der Waals surface area contributed by atoms with Crippen LogP contribution in [0.2, 0.25) is 5.02 Å². The number of hydrogen-bond acceptors (Lipinski definition) is 1. The minimum atomic E-state index is -0.445. The Kier molecular flexibility index (Phi) is 5.96. The van der Waals surface area contributed by atoms with E-state index in [1.807, 2.05) is 30.3 Å². The molecular weight excluding hydrogens is 390 g/mol. The van der Waals surface area contributed by atoms with Gasteiger partial charge >= 0.3 is 0 Å². The Hall–Kier alpha value is -2.65. The molecular formula is C25H21ClF2O. The molecule has 29 heavy (non-hydrogen) atoms. The predicted octanol–water partition coefficient (Wildman–Crippen LogP) is 7.86. The van der Waals surface area contributed by atoms with Crippen molar-refractivity contribution in [3.05, 3.63) is 107 Å². The zero-order valence-corrected chi connectivity index (χ0v) is 16.6. The molecule has 0 aliphatic heterocycles. The van der Waals surface area contributed by atoms with Crippen LogP contribution in [0, 0.1) is 11.7 Å². The van der Waals surface area contributed by atoms with E-state index in [0.717, 1.165) is 24.0 Å². The highest BCUT2D eigenvalue weighted by Crippen LogP contribution is 2.47. The van der Waals surface area contributed by atoms with Gasteiger partial charge in [-0.1, -0.05) is 48.0 Å². The topological polar surface area (TPSA) is 9.23 Å². The molecule has 4 rings (SSSR count). The third kappa shape index (κ3) is 5.04.